The third-order valence-electron chi connectivity index (χ3n) is 12.2. The molecule has 1 aliphatic heterocycles. The van der Waals surface area contributed by atoms with Crippen molar-refractivity contribution in [1.82, 2.24) is 0 Å². The Morgan fingerprint density at radius 2 is 1.04 bits per heavy atom. The van der Waals surface area contributed by atoms with E-state index >= 15 is 0 Å². The smallest absolute Gasteiger partial charge is 0.117 e. The van der Waals surface area contributed by atoms with E-state index in [0.717, 1.165) is 24.4 Å². The zero-order valence-corrected chi connectivity index (χ0v) is 34.4. The van der Waals surface area contributed by atoms with Crippen LogP contribution in [0.3, 0.4) is 0 Å². The van der Waals surface area contributed by atoms with Gasteiger partial charge in [0.15, 0.2) is 0 Å². The predicted molar refractivity (Wildman–Crippen MR) is 216 cm³/mol. The molecule has 4 heteroatoms. The molecular weight excluding hydrogens is 713 g/mol. The first-order valence-electron chi connectivity index (χ1n) is 19.8. The topological polar surface area (TPSA) is 6.48 Å². The second kappa shape index (κ2) is 16.6. The standard InChI is InChI=1S/C46H61N2P.Ru/c1-32-27-34(3)44(35(4)28-32)47-25-26-48(45-36(5)29-33(2)30-37(45)6)46(47)41-23-16-24-43(42(41)31-38-17-10-7-11-18-38)49(39-19-12-8-13-20-39)40-21-14-9-15-22-40;/h7,10-11,17-18,27-31,39-40,43H,8-9,12-16,19-26H2,1-6H3;. The third-order valence-corrected chi connectivity index (χ3v) is 16.2. The second-order valence-electron chi connectivity index (χ2n) is 16.0. The molecule has 0 radical (unpaired) electrons. The summed E-state index contributed by atoms with van der Waals surface area (Å²) in [6, 6.07) is 21.0. The maximum Gasteiger partial charge on any atom is 0.117 e. The molecule has 3 aliphatic carbocycles. The molecule has 0 amide bonds. The van der Waals surface area contributed by atoms with Gasteiger partial charge < -0.3 is 9.80 Å². The van der Waals surface area contributed by atoms with Crippen LogP contribution in [0, 0.1) is 41.5 Å². The van der Waals surface area contributed by atoms with Crippen molar-refractivity contribution in [2.24, 2.45) is 0 Å². The zero-order valence-electron chi connectivity index (χ0n) is 31.8. The molecule has 1 saturated heterocycles. The van der Waals surface area contributed by atoms with Crippen molar-refractivity contribution in [2.45, 2.75) is 142 Å². The maximum absolute atomic E-state index is 2.77. The molecular formula is C46H61N2PRu. The van der Waals surface area contributed by atoms with Crippen LogP contribution in [0.1, 0.15) is 122 Å². The molecule has 7 rings (SSSR count). The largest absolute Gasteiger partial charge is 0.325 e. The number of aryl methyl sites for hydroxylation is 6. The summed E-state index contributed by atoms with van der Waals surface area (Å²) in [5.74, 6) is 1.49. The van der Waals surface area contributed by atoms with Crippen molar-refractivity contribution >= 4 is 25.4 Å². The zero-order chi connectivity index (χ0) is 34.1. The number of allylic oxidation sites excluding steroid dienone is 2. The van der Waals surface area contributed by atoms with Crippen molar-refractivity contribution in [3.63, 3.8) is 0 Å². The van der Waals surface area contributed by atoms with Gasteiger partial charge in [-0.2, -0.15) is 0 Å². The number of benzene rings is 3. The molecule has 0 bridgehead atoms. The van der Waals surface area contributed by atoms with E-state index in [4.69, 9.17) is 0 Å². The first kappa shape index (κ1) is 37.5. The summed E-state index contributed by atoms with van der Waals surface area (Å²) in [7, 11) is -0.102. The average molecular weight is 774 g/mol. The monoisotopic (exact) mass is 774 g/mol. The van der Waals surface area contributed by atoms with Crippen molar-refractivity contribution < 1.29 is 19.5 Å². The third kappa shape index (κ3) is 7.76. The Hall–Kier alpha value is -2.21. The van der Waals surface area contributed by atoms with Crippen molar-refractivity contribution in [3.8, 4) is 0 Å². The van der Waals surface area contributed by atoms with E-state index in [1.54, 1.807) is 11.1 Å². The number of rotatable bonds is 6. The number of nitrogens with zero attached hydrogens (tertiary/aromatic N) is 2. The average Bonchev–Trinajstić information content (AvgIpc) is 3.49. The van der Waals surface area contributed by atoms with Crippen LogP contribution in [0.2, 0.25) is 0 Å². The first-order valence-corrected chi connectivity index (χ1v) is 21.3. The van der Waals surface area contributed by atoms with Gasteiger partial charge in [-0.1, -0.05) is 118 Å². The summed E-state index contributed by atoms with van der Waals surface area (Å²) >= 11 is 0. The van der Waals surface area contributed by atoms with Gasteiger partial charge in [-0.05, 0) is 137 Å². The molecule has 3 aromatic carbocycles. The number of hydrogen-bond donors (Lipinski definition) is 0. The summed E-state index contributed by atoms with van der Waals surface area (Å²) in [5.41, 5.74) is 18.5. The van der Waals surface area contributed by atoms with Crippen LogP contribution in [0.5, 0.6) is 0 Å². The molecule has 1 unspecified atom stereocenters. The SMILES string of the molecule is Cc1cc(C)c(N2CCN(c3c(C)cc(C)cc3C)C2=C2CCCC(P(C3CCCCC3)C3CCCCC3)C2=Cc2ccccc2)c(C)c1.[Ru]. The van der Waals surface area contributed by atoms with E-state index in [1.165, 1.54) is 140 Å². The molecule has 1 atom stereocenters. The minimum Gasteiger partial charge on any atom is -0.325 e. The summed E-state index contributed by atoms with van der Waals surface area (Å²) in [4.78, 5) is 5.53. The van der Waals surface area contributed by atoms with Crippen molar-refractivity contribution in [1.29, 1.82) is 0 Å². The Labute approximate surface area is 318 Å². The molecule has 0 spiro atoms. The van der Waals surface area contributed by atoms with Crippen LogP contribution in [-0.4, -0.2) is 30.1 Å². The summed E-state index contributed by atoms with van der Waals surface area (Å²) in [5, 5.41) is 0. The molecule has 3 aromatic rings. The summed E-state index contributed by atoms with van der Waals surface area (Å²) in [6.45, 7) is 15.9. The molecule has 268 valence electrons. The van der Waals surface area contributed by atoms with E-state index in [-0.39, 0.29) is 27.4 Å². The van der Waals surface area contributed by atoms with Crippen LogP contribution in [0.25, 0.3) is 6.08 Å². The number of anilines is 2. The van der Waals surface area contributed by atoms with Gasteiger partial charge in [0.1, 0.15) is 5.82 Å². The molecule has 3 saturated carbocycles. The fraction of sp³-hybridized carbons (Fsp3) is 0.522. The summed E-state index contributed by atoms with van der Waals surface area (Å²) in [6.07, 6.45) is 21.2. The van der Waals surface area contributed by atoms with Gasteiger partial charge in [0.25, 0.3) is 0 Å². The van der Waals surface area contributed by atoms with Gasteiger partial charge in [0.05, 0.1) is 0 Å². The van der Waals surface area contributed by atoms with E-state index in [9.17, 15) is 0 Å². The van der Waals surface area contributed by atoms with Crippen molar-refractivity contribution in [2.75, 3.05) is 22.9 Å². The van der Waals surface area contributed by atoms with Crippen LogP contribution in [0.15, 0.2) is 71.6 Å². The second-order valence-corrected chi connectivity index (χ2v) is 19.0. The van der Waals surface area contributed by atoms with Gasteiger partial charge in [0.2, 0.25) is 0 Å². The minimum absolute atomic E-state index is 0. The predicted octanol–water partition coefficient (Wildman–Crippen LogP) is 12.9. The molecule has 0 aromatic heterocycles. The molecule has 1 heterocycles. The van der Waals surface area contributed by atoms with Crippen LogP contribution >= 0.6 is 7.92 Å². The van der Waals surface area contributed by atoms with Gasteiger partial charge in [0, 0.05) is 49.6 Å². The fourth-order valence-corrected chi connectivity index (χ4v) is 15.1. The molecule has 50 heavy (non-hydrogen) atoms. The minimum atomic E-state index is -0.102. The molecule has 2 nitrogen and oxygen atoms in total. The normalized spacial score (nSPS) is 21.7. The fourth-order valence-electron chi connectivity index (χ4n) is 10.5. The van der Waals surface area contributed by atoms with E-state index in [1.807, 2.05) is 0 Å². The summed E-state index contributed by atoms with van der Waals surface area (Å²) < 4.78 is 0. The van der Waals surface area contributed by atoms with Gasteiger partial charge >= 0.3 is 0 Å². The van der Waals surface area contributed by atoms with Crippen LogP contribution < -0.4 is 9.80 Å². The molecule has 4 fully saturated rings. The van der Waals surface area contributed by atoms with Gasteiger partial charge in [-0.15, -0.1) is 0 Å². The van der Waals surface area contributed by atoms with Crippen LogP contribution in [-0.2, 0) is 19.5 Å². The Balaban J connectivity index is 0.00000432. The molecule has 4 aliphatic rings. The van der Waals surface area contributed by atoms with E-state index < -0.39 is 0 Å². The maximum atomic E-state index is 2.77. The van der Waals surface area contributed by atoms with Gasteiger partial charge in [-0.3, -0.25) is 0 Å². The Bertz CT molecular complexity index is 1560. The number of hydrogen-bond acceptors (Lipinski definition) is 2. The first-order chi connectivity index (χ1) is 23.8. The van der Waals surface area contributed by atoms with Crippen LogP contribution in [0.4, 0.5) is 11.4 Å². The Morgan fingerprint density at radius 1 is 0.580 bits per heavy atom. The Kier molecular flexibility index (Phi) is 12.5. The van der Waals surface area contributed by atoms with E-state index in [2.05, 4.69) is 112 Å². The molecule has 0 N–H and O–H groups in total. The van der Waals surface area contributed by atoms with Gasteiger partial charge in [-0.25, -0.2) is 0 Å². The Morgan fingerprint density at radius 3 is 1.50 bits per heavy atom. The van der Waals surface area contributed by atoms with Crippen molar-refractivity contribution in [3.05, 3.63) is 111 Å². The van der Waals surface area contributed by atoms with E-state index in [0.29, 0.717) is 5.66 Å². The quantitative estimate of drug-likeness (QED) is 0.182.